The van der Waals surface area contributed by atoms with Gasteiger partial charge in [0.1, 0.15) is 11.5 Å². The number of carbonyl (C=O) groups is 3. The van der Waals surface area contributed by atoms with E-state index >= 15 is 0 Å². The zero-order chi connectivity index (χ0) is 35.4. The maximum absolute atomic E-state index is 14.2. The smallest absolute Gasteiger partial charge is 0.389 e. The van der Waals surface area contributed by atoms with Crippen LogP contribution in [0.15, 0.2) is 42.5 Å². The van der Waals surface area contributed by atoms with Crippen LogP contribution in [-0.4, -0.2) is 97.6 Å². The van der Waals surface area contributed by atoms with Gasteiger partial charge >= 0.3 is 12.2 Å². The summed E-state index contributed by atoms with van der Waals surface area (Å²) in [7, 11) is 2.98. The number of halogens is 3. The number of benzene rings is 2. The first kappa shape index (κ1) is 38.4. The van der Waals surface area contributed by atoms with Gasteiger partial charge in [0.2, 0.25) is 5.91 Å². The molecule has 0 aliphatic carbocycles. The third-order valence-corrected chi connectivity index (χ3v) is 8.16. The fourth-order valence-corrected chi connectivity index (χ4v) is 5.24. The van der Waals surface area contributed by atoms with Gasteiger partial charge in [-0.1, -0.05) is 6.92 Å². The second-order valence-corrected chi connectivity index (χ2v) is 12.2. The summed E-state index contributed by atoms with van der Waals surface area (Å²) in [5, 5.41) is 15.6. The highest BCUT2D eigenvalue weighted by Crippen LogP contribution is 2.29. The highest BCUT2D eigenvalue weighted by molar-refractivity contribution is 6.02. The molecule has 48 heavy (non-hydrogen) atoms. The van der Waals surface area contributed by atoms with Crippen LogP contribution in [0, 0.1) is 5.92 Å². The van der Waals surface area contributed by atoms with Crippen LogP contribution in [0.5, 0.6) is 11.5 Å². The number of aliphatic hydroxyl groups is 1. The molecule has 0 saturated carbocycles. The predicted octanol–water partition coefficient (Wildman–Crippen LogP) is 5.94. The Labute approximate surface area is 279 Å². The number of hydrogen-bond donors (Lipinski definition) is 3. The van der Waals surface area contributed by atoms with Gasteiger partial charge in [-0.3, -0.25) is 9.59 Å². The van der Waals surface area contributed by atoms with E-state index in [4.69, 9.17) is 14.2 Å². The number of anilines is 2. The van der Waals surface area contributed by atoms with E-state index in [-0.39, 0.29) is 37.3 Å². The Morgan fingerprint density at radius 3 is 2.42 bits per heavy atom. The van der Waals surface area contributed by atoms with Gasteiger partial charge in [0.25, 0.3) is 5.91 Å². The van der Waals surface area contributed by atoms with Crippen LogP contribution in [0.1, 0.15) is 63.2 Å². The number of ether oxygens (including phenoxy) is 3. The Hall–Kier alpha value is -4.04. The molecule has 4 atom stereocenters. The molecule has 3 N–H and O–H groups in total. The lowest BCUT2D eigenvalue weighted by molar-refractivity contribution is -0.149. The molecule has 1 heterocycles. The van der Waals surface area contributed by atoms with Gasteiger partial charge in [-0.15, -0.1) is 0 Å². The number of nitrogens with one attached hydrogen (secondary N) is 2. The number of fused-ring (bicyclic) bond motifs is 1. The summed E-state index contributed by atoms with van der Waals surface area (Å²) in [6, 6.07) is 10.4. The molecule has 4 amide bonds. The summed E-state index contributed by atoms with van der Waals surface area (Å²) >= 11 is 0. The molecule has 0 fully saturated rings. The number of urea groups is 1. The maximum Gasteiger partial charge on any atom is 0.389 e. The largest absolute Gasteiger partial charge is 0.497 e. The van der Waals surface area contributed by atoms with E-state index in [0.717, 1.165) is 6.42 Å². The number of amides is 4. The van der Waals surface area contributed by atoms with Crippen LogP contribution in [-0.2, 0) is 9.53 Å². The first-order valence-electron chi connectivity index (χ1n) is 16.1. The number of carbonyl (C=O) groups excluding carboxylic acids is 3. The van der Waals surface area contributed by atoms with Gasteiger partial charge in [-0.05, 0) is 75.6 Å². The lowest BCUT2D eigenvalue weighted by atomic mass is 10.0. The van der Waals surface area contributed by atoms with Crippen LogP contribution in [0.25, 0.3) is 0 Å². The second kappa shape index (κ2) is 17.9. The zero-order valence-corrected chi connectivity index (χ0v) is 28.1. The van der Waals surface area contributed by atoms with Crippen molar-refractivity contribution in [1.82, 2.24) is 9.80 Å². The molecule has 0 bridgehead atoms. The van der Waals surface area contributed by atoms with Gasteiger partial charge < -0.3 is 39.8 Å². The fraction of sp³-hybridized carbons (Fsp3) is 0.559. The van der Waals surface area contributed by atoms with Gasteiger partial charge in [-0.2, -0.15) is 13.2 Å². The van der Waals surface area contributed by atoms with E-state index in [2.05, 4.69) is 10.6 Å². The van der Waals surface area contributed by atoms with Gasteiger partial charge in [-0.25, -0.2) is 4.79 Å². The molecule has 2 aromatic carbocycles. The number of alkyl halides is 3. The number of aliphatic hydroxyl groups excluding tert-OH is 1. The van der Waals surface area contributed by atoms with Gasteiger partial charge in [0.15, 0.2) is 0 Å². The van der Waals surface area contributed by atoms with Crippen molar-refractivity contribution < 1.29 is 46.9 Å². The third kappa shape index (κ3) is 11.9. The van der Waals surface area contributed by atoms with Crippen LogP contribution in [0.4, 0.5) is 29.3 Å². The van der Waals surface area contributed by atoms with Crippen molar-refractivity contribution in [3.63, 3.8) is 0 Å². The summed E-state index contributed by atoms with van der Waals surface area (Å²) in [4.78, 5) is 42.3. The molecule has 0 unspecified atom stereocenters. The van der Waals surface area contributed by atoms with E-state index < -0.39 is 49.0 Å². The quantitative estimate of drug-likeness (QED) is 0.299. The molecule has 1 aliphatic rings. The summed E-state index contributed by atoms with van der Waals surface area (Å²) in [6.07, 6.45) is -5.14. The van der Waals surface area contributed by atoms with E-state index in [1.807, 2.05) is 13.8 Å². The minimum absolute atomic E-state index is 0.0286. The number of rotatable bonds is 9. The van der Waals surface area contributed by atoms with Crippen LogP contribution >= 0.6 is 0 Å². The topological polar surface area (TPSA) is 130 Å². The summed E-state index contributed by atoms with van der Waals surface area (Å²) in [5.41, 5.74) is 1.03. The molecule has 3 rings (SSSR count). The number of methoxy groups -OCH3 is 1. The minimum Gasteiger partial charge on any atom is -0.497 e. The average molecular weight is 681 g/mol. The Balaban J connectivity index is 1.88. The Morgan fingerprint density at radius 2 is 1.77 bits per heavy atom. The second-order valence-electron chi connectivity index (χ2n) is 12.2. The molecule has 11 nitrogen and oxygen atoms in total. The average Bonchev–Trinajstić information content (AvgIpc) is 3.04. The zero-order valence-electron chi connectivity index (χ0n) is 28.1. The standard InChI is InChI=1S/C34H47F3N4O7/c1-22-19-41(23(2)21-42)32(44)28-18-26(39-33(45)38-25-9-12-27(46-5)13-10-25)11-14-29(28)48-24(3)8-6-7-17-47-30(22)20-40(4)31(43)15-16-34(35,36)37/h9-14,18,22-24,30,42H,6-8,15-17,19-21H2,1-5H3,(H2,38,39,45)/t22-,23-,24+,30-/m1/s1. The Morgan fingerprint density at radius 1 is 1.10 bits per heavy atom. The van der Waals surface area contributed by atoms with E-state index in [1.165, 1.54) is 22.9 Å². The molecule has 0 spiro atoms. The molecule has 2 aromatic rings. The summed E-state index contributed by atoms with van der Waals surface area (Å²) in [6.45, 7) is 5.52. The van der Waals surface area contributed by atoms with E-state index in [0.29, 0.717) is 42.3 Å². The summed E-state index contributed by atoms with van der Waals surface area (Å²) in [5.74, 6) is -0.555. The Kier molecular flexibility index (Phi) is 14.3. The predicted molar refractivity (Wildman–Crippen MR) is 175 cm³/mol. The molecule has 0 radical (unpaired) electrons. The van der Waals surface area contributed by atoms with Gasteiger partial charge in [0.05, 0.1) is 44.0 Å². The lowest BCUT2D eigenvalue weighted by Crippen LogP contribution is -2.48. The fourth-order valence-electron chi connectivity index (χ4n) is 5.24. The Bertz CT molecular complexity index is 1360. The van der Waals surface area contributed by atoms with Crippen LogP contribution < -0.4 is 20.1 Å². The molecule has 266 valence electrons. The van der Waals surface area contributed by atoms with Crippen LogP contribution in [0.3, 0.4) is 0 Å². The van der Waals surface area contributed by atoms with Crippen molar-refractivity contribution in [3.05, 3.63) is 48.0 Å². The highest BCUT2D eigenvalue weighted by atomic mass is 19.4. The monoisotopic (exact) mass is 680 g/mol. The number of nitrogens with zero attached hydrogens (tertiary/aromatic N) is 2. The first-order chi connectivity index (χ1) is 22.7. The van der Waals surface area contributed by atoms with Crippen molar-refractivity contribution >= 4 is 29.2 Å². The van der Waals surface area contributed by atoms with Crippen LogP contribution in [0.2, 0.25) is 0 Å². The van der Waals surface area contributed by atoms with Crippen molar-refractivity contribution in [2.45, 2.75) is 77.3 Å². The molecule has 0 aromatic heterocycles. The number of likely N-dealkylation sites (N-methyl/N-ethyl adjacent to an activating group) is 1. The number of hydrogen-bond acceptors (Lipinski definition) is 7. The van der Waals surface area contributed by atoms with Gasteiger partial charge in [0, 0.05) is 50.5 Å². The van der Waals surface area contributed by atoms with Crippen molar-refractivity contribution in [2.24, 2.45) is 5.92 Å². The van der Waals surface area contributed by atoms with E-state index in [9.17, 15) is 32.7 Å². The van der Waals surface area contributed by atoms with E-state index in [1.54, 1.807) is 50.4 Å². The minimum atomic E-state index is -4.45. The third-order valence-electron chi connectivity index (χ3n) is 8.16. The molecular weight excluding hydrogens is 633 g/mol. The molecule has 14 heteroatoms. The lowest BCUT2D eigenvalue weighted by Gasteiger charge is -2.36. The first-order valence-corrected chi connectivity index (χ1v) is 16.1. The maximum atomic E-state index is 14.2. The molecule has 0 saturated heterocycles. The molecule has 1 aliphatic heterocycles. The summed E-state index contributed by atoms with van der Waals surface area (Å²) < 4.78 is 55.8. The van der Waals surface area contributed by atoms with Crippen molar-refractivity contribution in [1.29, 1.82) is 0 Å². The SMILES string of the molecule is COc1ccc(NC(=O)Nc2ccc3c(c2)C(=O)N([C@H](C)CO)C[C@@H](C)[C@@H](CN(C)C(=O)CCC(F)(F)F)OCCCC[C@H](C)O3)cc1. The molecular formula is C34H47F3N4O7. The normalized spacial score (nSPS) is 20.1. The van der Waals surface area contributed by atoms with Crippen molar-refractivity contribution in [2.75, 3.05) is 51.1 Å². The highest BCUT2D eigenvalue weighted by Gasteiger charge is 2.32. The van der Waals surface area contributed by atoms with Crippen molar-refractivity contribution in [3.8, 4) is 11.5 Å².